The van der Waals surface area contributed by atoms with Crippen molar-refractivity contribution in [3.05, 3.63) is 38.1 Å². The number of hydrogen-bond acceptors (Lipinski definition) is 2. The second-order valence-electron chi connectivity index (χ2n) is 2.99. The molecule has 2 rings (SSSR count). The summed E-state index contributed by atoms with van der Waals surface area (Å²) in [5.41, 5.74) is 0.0700. The molecular weight excluding hydrogens is 373 g/mol. The van der Waals surface area contributed by atoms with Crippen LogP contribution in [0.25, 0.3) is 10.8 Å². The van der Waals surface area contributed by atoms with Gasteiger partial charge in [-0.15, -0.1) is 0 Å². The number of aromatic carboxylic acids is 1. The highest BCUT2D eigenvalue weighted by Gasteiger charge is 2.06. The van der Waals surface area contributed by atoms with Crippen molar-refractivity contribution in [3.8, 4) is 0 Å². The quantitative estimate of drug-likeness (QED) is 0.776. The van der Waals surface area contributed by atoms with E-state index in [4.69, 9.17) is 5.11 Å². The topological polar surface area (TPSA) is 50.2 Å². The highest BCUT2D eigenvalue weighted by Crippen LogP contribution is 2.25. The number of halogens is 2. The van der Waals surface area contributed by atoms with Gasteiger partial charge in [0, 0.05) is 19.6 Å². The Morgan fingerprint density at radius 2 is 2.07 bits per heavy atom. The lowest BCUT2D eigenvalue weighted by molar-refractivity contribution is 0.0691. The lowest BCUT2D eigenvalue weighted by Crippen LogP contribution is -1.99. The zero-order chi connectivity index (χ0) is 11.0. The minimum atomic E-state index is -1.00. The number of carboxylic acid groups (broad SMARTS) is 1. The fourth-order valence-corrected chi connectivity index (χ4v) is 2.11. The van der Waals surface area contributed by atoms with E-state index in [1.165, 1.54) is 0 Å². The Morgan fingerprint density at radius 3 is 2.73 bits per heavy atom. The van der Waals surface area contributed by atoms with Crippen LogP contribution in [0.4, 0.5) is 0 Å². The van der Waals surface area contributed by atoms with Crippen molar-refractivity contribution in [2.75, 3.05) is 0 Å². The van der Waals surface area contributed by atoms with E-state index in [1.807, 2.05) is 12.1 Å². The highest BCUT2D eigenvalue weighted by atomic mass is 127. The Hall–Kier alpha value is -0.690. The van der Waals surface area contributed by atoms with Gasteiger partial charge in [0.05, 0.1) is 0 Å². The van der Waals surface area contributed by atoms with Crippen molar-refractivity contribution < 1.29 is 9.90 Å². The van der Waals surface area contributed by atoms with Gasteiger partial charge in [-0.1, -0.05) is 0 Å². The lowest BCUT2D eigenvalue weighted by Gasteiger charge is -2.02. The molecular formula is C10H5BrINO2. The van der Waals surface area contributed by atoms with Crippen LogP contribution in [0.3, 0.4) is 0 Å². The summed E-state index contributed by atoms with van der Waals surface area (Å²) in [6.45, 7) is 0. The number of fused-ring (bicyclic) bond motifs is 1. The summed E-state index contributed by atoms with van der Waals surface area (Å²) in [6.07, 6.45) is 1.57. The van der Waals surface area contributed by atoms with E-state index in [2.05, 4.69) is 43.5 Å². The van der Waals surface area contributed by atoms with E-state index >= 15 is 0 Å². The predicted octanol–water partition coefficient (Wildman–Crippen LogP) is 3.30. The highest BCUT2D eigenvalue weighted by molar-refractivity contribution is 14.1. The molecule has 0 atom stereocenters. The molecule has 0 fully saturated rings. The Morgan fingerprint density at radius 1 is 1.33 bits per heavy atom. The van der Waals surface area contributed by atoms with Crippen molar-refractivity contribution in [2.45, 2.75) is 0 Å². The zero-order valence-corrected chi connectivity index (χ0v) is 11.1. The Kier molecular flexibility index (Phi) is 2.92. The third-order valence-corrected chi connectivity index (χ3v) is 4.27. The van der Waals surface area contributed by atoms with Gasteiger partial charge in [0.25, 0.3) is 0 Å². The summed E-state index contributed by atoms with van der Waals surface area (Å²) < 4.78 is 2.03. The Bertz CT molecular complexity index is 556. The van der Waals surface area contributed by atoms with E-state index in [9.17, 15) is 4.79 Å². The van der Waals surface area contributed by atoms with Gasteiger partial charge >= 0.3 is 5.97 Å². The Labute approximate surface area is 108 Å². The van der Waals surface area contributed by atoms with Gasteiger partial charge in [-0.3, -0.25) is 0 Å². The van der Waals surface area contributed by atoms with Crippen LogP contribution in [0, 0.1) is 3.57 Å². The van der Waals surface area contributed by atoms with Crippen molar-refractivity contribution in [2.24, 2.45) is 0 Å². The second-order valence-corrected chi connectivity index (χ2v) is 5.00. The molecule has 0 bridgehead atoms. The Balaban J connectivity index is 2.72. The molecule has 76 valence electrons. The standard InChI is InChI=1S/C10H5BrINO2/c11-7-1-6-4-13-9(10(14)15)3-5(6)2-8(7)12/h1-4H,(H,14,15). The maximum Gasteiger partial charge on any atom is 0.354 e. The van der Waals surface area contributed by atoms with Crippen LogP contribution >= 0.6 is 38.5 Å². The van der Waals surface area contributed by atoms with Crippen LogP contribution in [0.15, 0.2) is 28.9 Å². The minimum absolute atomic E-state index is 0.0700. The van der Waals surface area contributed by atoms with Gasteiger partial charge < -0.3 is 5.11 Å². The normalized spacial score (nSPS) is 10.5. The molecule has 15 heavy (non-hydrogen) atoms. The summed E-state index contributed by atoms with van der Waals surface area (Å²) in [4.78, 5) is 14.6. The number of carbonyl (C=O) groups is 1. The van der Waals surface area contributed by atoms with Gasteiger partial charge in [-0.2, -0.15) is 0 Å². The van der Waals surface area contributed by atoms with Crippen molar-refractivity contribution in [3.63, 3.8) is 0 Å². The number of carboxylic acids is 1. The molecule has 0 saturated heterocycles. The summed E-state index contributed by atoms with van der Waals surface area (Å²) in [6, 6.07) is 5.43. The molecule has 5 heteroatoms. The summed E-state index contributed by atoms with van der Waals surface area (Å²) in [5.74, 6) is -1.00. The van der Waals surface area contributed by atoms with E-state index in [0.29, 0.717) is 0 Å². The first-order chi connectivity index (χ1) is 7.08. The molecule has 0 radical (unpaired) electrons. The third-order valence-electron chi connectivity index (χ3n) is 1.98. The summed E-state index contributed by atoms with van der Waals surface area (Å²) >= 11 is 5.60. The van der Waals surface area contributed by atoms with Crippen LogP contribution < -0.4 is 0 Å². The summed E-state index contributed by atoms with van der Waals surface area (Å²) in [5, 5.41) is 10.6. The van der Waals surface area contributed by atoms with Gasteiger partial charge in [-0.25, -0.2) is 9.78 Å². The number of pyridine rings is 1. The second kappa shape index (κ2) is 4.05. The van der Waals surface area contributed by atoms with Gasteiger partial charge in [0.15, 0.2) is 0 Å². The lowest BCUT2D eigenvalue weighted by atomic mass is 10.1. The molecule has 1 aromatic carbocycles. The van der Waals surface area contributed by atoms with Crippen LogP contribution in [-0.4, -0.2) is 16.1 Å². The molecule has 0 spiro atoms. The molecule has 0 aliphatic heterocycles. The first kappa shape index (κ1) is 10.8. The fraction of sp³-hybridized carbons (Fsp3) is 0. The van der Waals surface area contributed by atoms with E-state index < -0.39 is 5.97 Å². The SMILES string of the molecule is O=C(O)c1cc2cc(I)c(Br)cc2cn1. The smallest absolute Gasteiger partial charge is 0.354 e. The van der Waals surface area contributed by atoms with E-state index in [-0.39, 0.29) is 5.69 Å². The maximum atomic E-state index is 10.7. The number of hydrogen-bond donors (Lipinski definition) is 1. The van der Waals surface area contributed by atoms with Crippen molar-refractivity contribution >= 4 is 55.3 Å². The number of rotatable bonds is 1. The number of benzene rings is 1. The third kappa shape index (κ3) is 2.12. The van der Waals surface area contributed by atoms with Crippen molar-refractivity contribution in [1.29, 1.82) is 0 Å². The number of nitrogens with zero attached hydrogens (tertiary/aromatic N) is 1. The van der Waals surface area contributed by atoms with Crippen LogP contribution in [0.5, 0.6) is 0 Å². The monoisotopic (exact) mass is 377 g/mol. The predicted molar refractivity (Wildman–Crippen MR) is 69.1 cm³/mol. The zero-order valence-electron chi connectivity index (χ0n) is 7.37. The van der Waals surface area contributed by atoms with E-state index in [0.717, 1.165) is 18.8 Å². The molecule has 1 aromatic heterocycles. The van der Waals surface area contributed by atoms with Gasteiger partial charge in [-0.05, 0) is 62.1 Å². The van der Waals surface area contributed by atoms with Crippen LogP contribution in [-0.2, 0) is 0 Å². The average molecular weight is 378 g/mol. The molecule has 1 heterocycles. The molecule has 3 nitrogen and oxygen atoms in total. The van der Waals surface area contributed by atoms with Crippen molar-refractivity contribution in [1.82, 2.24) is 4.98 Å². The van der Waals surface area contributed by atoms with Crippen LogP contribution in [0.2, 0.25) is 0 Å². The molecule has 0 unspecified atom stereocenters. The van der Waals surface area contributed by atoms with Crippen LogP contribution in [0.1, 0.15) is 10.5 Å². The first-order valence-corrected chi connectivity index (χ1v) is 5.93. The maximum absolute atomic E-state index is 10.7. The molecule has 2 aromatic rings. The summed E-state index contributed by atoms with van der Waals surface area (Å²) in [7, 11) is 0. The number of aromatic nitrogens is 1. The average Bonchev–Trinajstić information content (AvgIpc) is 2.19. The molecule has 1 N–H and O–H groups in total. The van der Waals surface area contributed by atoms with Gasteiger partial charge in [0.1, 0.15) is 5.69 Å². The molecule has 0 aliphatic carbocycles. The molecule has 0 saturated carbocycles. The fourth-order valence-electron chi connectivity index (χ4n) is 1.26. The van der Waals surface area contributed by atoms with Gasteiger partial charge in [0.2, 0.25) is 0 Å². The van der Waals surface area contributed by atoms with E-state index in [1.54, 1.807) is 12.3 Å². The largest absolute Gasteiger partial charge is 0.477 e. The molecule has 0 aliphatic rings. The molecule has 0 amide bonds. The minimum Gasteiger partial charge on any atom is -0.477 e. The first-order valence-electron chi connectivity index (χ1n) is 4.06.